The van der Waals surface area contributed by atoms with Gasteiger partial charge in [-0.1, -0.05) is 73.1 Å². The maximum atomic E-state index is 9.46. The first-order chi connectivity index (χ1) is 9.13. The Labute approximate surface area is 115 Å². The average molecular weight is 266 g/mol. The van der Waals surface area contributed by atoms with Gasteiger partial charge in [0.15, 0.2) is 8.07 Å². The van der Waals surface area contributed by atoms with Crippen molar-refractivity contribution in [1.29, 1.82) is 0 Å². The number of hydrogen-bond acceptors (Lipinski definition) is 1. The lowest BCUT2D eigenvalue weighted by Crippen LogP contribution is -2.55. The van der Waals surface area contributed by atoms with Crippen LogP contribution >= 0.6 is 0 Å². The highest BCUT2D eigenvalue weighted by atomic mass is 28.3. The Hall–Kier alpha value is -1.82. The molecule has 0 heterocycles. The lowest BCUT2D eigenvalue weighted by atomic mass is 10.4. The Morgan fingerprint density at radius 2 is 1.32 bits per heavy atom. The SMILES string of the molecule is CC(O)C#C[Si](C)(c1ccccc1)c1ccccc1. The standard InChI is InChI=1S/C17H18OSi/c1-15(18)13-14-19(2,16-9-5-3-6-10-16)17-11-7-4-8-12-17/h3-12,15,18H,1-2H3. The molecule has 0 spiro atoms. The van der Waals surface area contributed by atoms with E-state index >= 15 is 0 Å². The number of rotatable bonds is 2. The molecule has 2 rings (SSSR count). The van der Waals surface area contributed by atoms with Gasteiger partial charge in [0.1, 0.15) is 6.10 Å². The van der Waals surface area contributed by atoms with Crippen molar-refractivity contribution in [3.63, 3.8) is 0 Å². The second-order valence-corrected chi connectivity index (χ2v) is 8.46. The molecule has 1 N–H and O–H groups in total. The van der Waals surface area contributed by atoms with Crippen LogP contribution in [0.15, 0.2) is 60.7 Å². The Morgan fingerprint density at radius 3 is 1.68 bits per heavy atom. The van der Waals surface area contributed by atoms with Crippen molar-refractivity contribution in [1.82, 2.24) is 0 Å². The third-order valence-electron chi connectivity index (χ3n) is 3.23. The lowest BCUT2D eigenvalue weighted by Gasteiger charge is -2.22. The minimum absolute atomic E-state index is 0.584. The fraction of sp³-hybridized carbons (Fsp3) is 0.176. The van der Waals surface area contributed by atoms with Gasteiger partial charge in [-0.2, -0.15) is 0 Å². The van der Waals surface area contributed by atoms with Crippen molar-refractivity contribution in [2.24, 2.45) is 0 Å². The zero-order valence-corrected chi connectivity index (χ0v) is 12.3. The summed E-state index contributed by atoms with van der Waals surface area (Å²) in [5.74, 6) is 2.95. The monoisotopic (exact) mass is 266 g/mol. The Morgan fingerprint density at radius 1 is 0.895 bits per heavy atom. The second kappa shape index (κ2) is 5.88. The molecule has 1 atom stereocenters. The first kappa shape index (κ1) is 13.6. The molecule has 96 valence electrons. The highest BCUT2D eigenvalue weighted by Crippen LogP contribution is 2.04. The predicted molar refractivity (Wildman–Crippen MR) is 83.2 cm³/mol. The maximum Gasteiger partial charge on any atom is 0.196 e. The van der Waals surface area contributed by atoms with Crippen molar-refractivity contribution < 1.29 is 5.11 Å². The molecule has 0 saturated heterocycles. The predicted octanol–water partition coefficient (Wildman–Crippen LogP) is 1.80. The van der Waals surface area contributed by atoms with Crippen LogP contribution in [0.1, 0.15) is 6.92 Å². The van der Waals surface area contributed by atoms with Gasteiger partial charge in [0.25, 0.3) is 0 Å². The maximum absolute atomic E-state index is 9.46. The first-order valence-electron chi connectivity index (χ1n) is 6.45. The van der Waals surface area contributed by atoms with Gasteiger partial charge in [-0.05, 0) is 17.3 Å². The van der Waals surface area contributed by atoms with Gasteiger partial charge in [0.2, 0.25) is 0 Å². The minimum Gasteiger partial charge on any atom is -0.381 e. The van der Waals surface area contributed by atoms with Crippen LogP contribution < -0.4 is 10.4 Å². The number of benzene rings is 2. The van der Waals surface area contributed by atoms with Gasteiger partial charge >= 0.3 is 0 Å². The molecule has 0 amide bonds. The van der Waals surface area contributed by atoms with E-state index < -0.39 is 14.2 Å². The molecule has 1 unspecified atom stereocenters. The molecule has 0 saturated carbocycles. The molecule has 2 heteroatoms. The third-order valence-corrected chi connectivity index (χ3v) is 6.85. The summed E-state index contributed by atoms with van der Waals surface area (Å²) in [6.45, 7) is 3.94. The van der Waals surface area contributed by atoms with Crippen molar-refractivity contribution >= 4 is 18.4 Å². The van der Waals surface area contributed by atoms with Crippen LogP contribution in [-0.4, -0.2) is 19.3 Å². The zero-order valence-electron chi connectivity index (χ0n) is 11.3. The fourth-order valence-electron chi connectivity index (χ4n) is 2.10. The number of hydrogen-bond donors (Lipinski definition) is 1. The fourth-order valence-corrected chi connectivity index (χ4v) is 4.94. The molecule has 0 bridgehead atoms. The van der Waals surface area contributed by atoms with Crippen LogP contribution in [-0.2, 0) is 0 Å². The van der Waals surface area contributed by atoms with Crippen molar-refractivity contribution in [3.8, 4) is 11.5 Å². The zero-order chi connectivity index (χ0) is 13.7. The second-order valence-electron chi connectivity index (χ2n) is 4.80. The Bertz CT molecular complexity index is 539. The summed E-state index contributed by atoms with van der Waals surface area (Å²) in [6, 6.07) is 20.8. The molecule has 1 nitrogen and oxygen atoms in total. The smallest absolute Gasteiger partial charge is 0.196 e. The van der Waals surface area contributed by atoms with Crippen LogP contribution in [0.3, 0.4) is 0 Å². The molecule has 2 aromatic carbocycles. The minimum atomic E-state index is -2.09. The van der Waals surface area contributed by atoms with Crippen LogP contribution in [0.25, 0.3) is 0 Å². The van der Waals surface area contributed by atoms with Crippen molar-refractivity contribution in [3.05, 3.63) is 60.7 Å². The van der Waals surface area contributed by atoms with Crippen molar-refractivity contribution in [2.45, 2.75) is 19.6 Å². The summed E-state index contributed by atoms with van der Waals surface area (Å²) in [5, 5.41) is 12.0. The van der Waals surface area contributed by atoms with Gasteiger partial charge < -0.3 is 5.11 Å². The molecule has 0 aliphatic heterocycles. The Kier molecular flexibility index (Phi) is 4.21. The first-order valence-corrected chi connectivity index (χ1v) is 8.95. The van der Waals surface area contributed by atoms with Gasteiger partial charge in [-0.15, -0.1) is 5.54 Å². The van der Waals surface area contributed by atoms with Crippen LogP contribution in [0, 0.1) is 11.5 Å². The summed E-state index contributed by atoms with van der Waals surface area (Å²) < 4.78 is 0. The van der Waals surface area contributed by atoms with E-state index in [9.17, 15) is 5.11 Å². The normalized spacial score (nSPS) is 12.4. The molecular formula is C17H18OSi. The van der Waals surface area contributed by atoms with Crippen LogP contribution in [0.4, 0.5) is 0 Å². The molecule has 2 aromatic rings. The summed E-state index contributed by atoms with van der Waals surface area (Å²) in [6.07, 6.45) is -0.584. The van der Waals surface area contributed by atoms with Gasteiger partial charge in [0.05, 0.1) is 0 Å². The van der Waals surface area contributed by atoms with Gasteiger partial charge in [0, 0.05) is 0 Å². The van der Waals surface area contributed by atoms with E-state index in [-0.39, 0.29) is 0 Å². The molecule has 0 aliphatic rings. The molecule has 0 fully saturated rings. The third kappa shape index (κ3) is 3.14. The van der Waals surface area contributed by atoms with E-state index in [1.165, 1.54) is 10.4 Å². The van der Waals surface area contributed by atoms with E-state index in [0.717, 1.165) is 0 Å². The quantitative estimate of drug-likeness (QED) is 0.649. The van der Waals surface area contributed by atoms with Crippen LogP contribution in [0.5, 0.6) is 0 Å². The van der Waals surface area contributed by atoms with Gasteiger partial charge in [-0.3, -0.25) is 0 Å². The summed E-state index contributed by atoms with van der Waals surface area (Å²) in [4.78, 5) is 0. The van der Waals surface area contributed by atoms with E-state index in [1.807, 2.05) is 36.4 Å². The van der Waals surface area contributed by atoms with E-state index in [4.69, 9.17) is 0 Å². The summed E-state index contributed by atoms with van der Waals surface area (Å²) >= 11 is 0. The van der Waals surface area contributed by atoms with Crippen LogP contribution in [0.2, 0.25) is 6.55 Å². The van der Waals surface area contributed by atoms with Gasteiger partial charge in [-0.25, -0.2) is 0 Å². The molecule has 0 radical (unpaired) electrons. The number of aliphatic hydroxyl groups excluding tert-OH is 1. The highest BCUT2D eigenvalue weighted by Gasteiger charge is 2.29. The van der Waals surface area contributed by atoms with E-state index in [2.05, 4.69) is 42.3 Å². The van der Waals surface area contributed by atoms with Crippen molar-refractivity contribution in [2.75, 3.05) is 0 Å². The molecule has 0 aliphatic carbocycles. The average Bonchev–Trinajstić information content (AvgIpc) is 2.46. The molecular weight excluding hydrogens is 248 g/mol. The number of aliphatic hydroxyl groups is 1. The summed E-state index contributed by atoms with van der Waals surface area (Å²) in [7, 11) is -2.09. The lowest BCUT2D eigenvalue weighted by molar-refractivity contribution is 0.253. The highest BCUT2D eigenvalue weighted by molar-refractivity contribution is 7.07. The molecule has 19 heavy (non-hydrogen) atoms. The topological polar surface area (TPSA) is 20.2 Å². The van der Waals surface area contributed by atoms with E-state index in [1.54, 1.807) is 6.92 Å². The largest absolute Gasteiger partial charge is 0.381 e. The summed E-state index contributed by atoms with van der Waals surface area (Å²) in [5.41, 5.74) is 3.37. The Balaban J connectivity index is 2.55. The molecule has 0 aromatic heterocycles. The van der Waals surface area contributed by atoms with E-state index in [0.29, 0.717) is 0 Å².